The lowest BCUT2D eigenvalue weighted by Crippen LogP contribution is -2.04. The first kappa shape index (κ1) is 13.7. The van der Waals surface area contributed by atoms with E-state index in [1.54, 1.807) is 6.20 Å². The van der Waals surface area contributed by atoms with Gasteiger partial charge >= 0.3 is 0 Å². The molecule has 3 aromatic rings. The molecule has 0 bridgehead atoms. The molecule has 0 saturated heterocycles. The molecule has 4 nitrogen and oxygen atoms in total. The van der Waals surface area contributed by atoms with E-state index in [4.69, 9.17) is 11.6 Å². The van der Waals surface area contributed by atoms with Gasteiger partial charge in [0.25, 0.3) is 0 Å². The second kappa shape index (κ2) is 5.69. The molecular weight excluding hydrogens is 296 g/mol. The lowest BCUT2D eigenvalue weighted by molar-refractivity contribution is 0.436. The van der Waals surface area contributed by atoms with Gasteiger partial charge < -0.3 is 0 Å². The third-order valence-electron chi connectivity index (χ3n) is 4.46. The van der Waals surface area contributed by atoms with Crippen LogP contribution in [0.2, 0.25) is 5.02 Å². The maximum absolute atomic E-state index is 6.05. The summed E-state index contributed by atoms with van der Waals surface area (Å²) in [5.41, 5.74) is 2.98. The van der Waals surface area contributed by atoms with Crippen molar-refractivity contribution in [1.82, 2.24) is 20.0 Å². The largest absolute Gasteiger partial charge is 0.256 e. The standard InChI is InChI=1S/C17H17ClN4/c18-13-6-7-14-15(10-13)19-9-8-17(14)22-11-16(20-21-22)12-4-2-1-3-5-12/h6-12H,1-5H2. The van der Waals surface area contributed by atoms with E-state index in [9.17, 15) is 0 Å². The number of nitrogens with zero attached hydrogens (tertiary/aromatic N) is 4. The summed E-state index contributed by atoms with van der Waals surface area (Å²) in [6.45, 7) is 0. The van der Waals surface area contributed by atoms with Crippen LogP contribution in [-0.2, 0) is 0 Å². The second-order valence-electron chi connectivity index (χ2n) is 5.91. The molecule has 0 amide bonds. The maximum atomic E-state index is 6.05. The highest BCUT2D eigenvalue weighted by molar-refractivity contribution is 6.31. The van der Waals surface area contributed by atoms with Crippen molar-refractivity contribution in [3.8, 4) is 5.69 Å². The Balaban J connectivity index is 1.74. The van der Waals surface area contributed by atoms with Gasteiger partial charge in [0.1, 0.15) is 0 Å². The summed E-state index contributed by atoms with van der Waals surface area (Å²) >= 11 is 6.05. The van der Waals surface area contributed by atoms with Crippen LogP contribution in [0.4, 0.5) is 0 Å². The van der Waals surface area contributed by atoms with Crippen LogP contribution >= 0.6 is 11.6 Å². The fraction of sp³-hybridized carbons (Fsp3) is 0.353. The Morgan fingerprint density at radius 2 is 1.95 bits per heavy atom. The smallest absolute Gasteiger partial charge is 0.0862 e. The van der Waals surface area contributed by atoms with E-state index in [-0.39, 0.29) is 0 Å². The van der Waals surface area contributed by atoms with Crippen LogP contribution in [0.25, 0.3) is 16.6 Å². The lowest BCUT2D eigenvalue weighted by atomic mass is 9.87. The quantitative estimate of drug-likeness (QED) is 0.699. The molecule has 0 aliphatic heterocycles. The Hall–Kier alpha value is -1.94. The summed E-state index contributed by atoms with van der Waals surface area (Å²) < 4.78 is 1.86. The SMILES string of the molecule is Clc1ccc2c(-n3cc(C4CCCCC4)nn3)ccnc2c1. The Kier molecular flexibility index (Phi) is 3.54. The summed E-state index contributed by atoms with van der Waals surface area (Å²) in [5.74, 6) is 0.560. The summed E-state index contributed by atoms with van der Waals surface area (Å²) in [6, 6.07) is 7.71. The highest BCUT2D eigenvalue weighted by atomic mass is 35.5. The van der Waals surface area contributed by atoms with Crippen LogP contribution in [0.1, 0.15) is 43.7 Å². The number of fused-ring (bicyclic) bond motifs is 1. The van der Waals surface area contributed by atoms with Gasteiger partial charge in [0, 0.05) is 22.5 Å². The molecule has 5 heteroatoms. The molecule has 4 rings (SSSR count). The molecule has 0 spiro atoms. The van der Waals surface area contributed by atoms with Crippen LogP contribution in [-0.4, -0.2) is 20.0 Å². The van der Waals surface area contributed by atoms with E-state index in [0.717, 1.165) is 22.3 Å². The third kappa shape index (κ3) is 2.48. The van der Waals surface area contributed by atoms with Crippen LogP contribution in [0, 0.1) is 0 Å². The minimum Gasteiger partial charge on any atom is -0.256 e. The predicted molar refractivity (Wildman–Crippen MR) is 87.5 cm³/mol. The first-order valence-electron chi connectivity index (χ1n) is 7.78. The van der Waals surface area contributed by atoms with Crippen molar-refractivity contribution >= 4 is 22.5 Å². The highest BCUT2D eigenvalue weighted by Gasteiger charge is 2.19. The molecule has 1 aliphatic rings. The number of benzene rings is 1. The first-order chi connectivity index (χ1) is 10.8. The van der Waals surface area contributed by atoms with Gasteiger partial charge in [-0.1, -0.05) is 36.1 Å². The minimum atomic E-state index is 0.560. The number of rotatable bonds is 2. The molecule has 0 atom stereocenters. The molecule has 1 fully saturated rings. The van der Waals surface area contributed by atoms with E-state index in [2.05, 4.69) is 21.5 Å². The van der Waals surface area contributed by atoms with Gasteiger partial charge in [0.05, 0.1) is 23.1 Å². The molecule has 0 radical (unpaired) electrons. The maximum Gasteiger partial charge on any atom is 0.0862 e. The predicted octanol–water partition coefficient (Wildman–Crippen LogP) is 4.52. The average molecular weight is 313 g/mol. The number of halogens is 1. The van der Waals surface area contributed by atoms with Gasteiger partial charge in [-0.3, -0.25) is 4.98 Å². The van der Waals surface area contributed by atoms with Crippen molar-refractivity contribution in [3.63, 3.8) is 0 Å². The molecule has 22 heavy (non-hydrogen) atoms. The van der Waals surface area contributed by atoms with Gasteiger partial charge in [-0.05, 0) is 37.1 Å². The van der Waals surface area contributed by atoms with E-state index in [1.165, 1.54) is 32.1 Å². The second-order valence-corrected chi connectivity index (χ2v) is 6.35. The van der Waals surface area contributed by atoms with Crippen molar-refractivity contribution in [2.45, 2.75) is 38.0 Å². The Morgan fingerprint density at radius 1 is 1.09 bits per heavy atom. The molecule has 2 heterocycles. The zero-order chi connectivity index (χ0) is 14.9. The van der Waals surface area contributed by atoms with Gasteiger partial charge in [-0.2, -0.15) is 0 Å². The van der Waals surface area contributed by atoms with Crippen molar-refractivity contribution in [3.05, 3.63) is 47.4 Å². The summed E-state index contributed by atoms with van der Waals surface area (Å²) in [6.07, 6.45) is 10.3. The van der Waals surface area contributed by atoms with Gasteiger partial charge in [0.2, 0.25) is 0 Å². The molecule has 1 saturated carbocycles. The van der Waals surface area contributed by atoms with Crippen LogP contribution in [0.5, 0.6) is 0 Å². The van der Waals surface area contributed by atoms with E-state index in [0.29, 0.717) is 10.9 Å². The van der Waals surface area contributed by atoms with Crippen LogP contribution in [0.15, 0.2) is 36.7 Å². The summed E-state index contributed by atoms with van der Waals surface area (Å²) in [5, 5.41) is 10.5. The third-order valence-corrected chi connectivity index (χ3v) is 4.70. The molecular formula is C17H17ClN4. The van der Waals surface area contributed by atoms with E-state index < -0.39 is 0 Å². The van der Waals surface area contributed by atoms with Gasteiger partial charge in [-0.15, -0.1) is 5.10 Å². The molecule has 0 N–H and O–H groups in total. The van der Waals surface area contributed by atoms with Crippen molar-refractivity contribution in [2.24, 2.45) is 0 Å². The van der Waals surface area contributed by atoms with E-state index >= 15 is 0 Å². The van der Waals surface area contributed by atoms with Gasteiger partial charge in [-0.25, -0.2) is 4.68 Å². The topological polar surface area (TPSA) is 43.6 Å². The van der Waals surface area contributed by atoms with Crippen molar-refractivity contribution in [2.75, 3.05) is 0 Å². The average Bonchev–Trinajstić information content (AvgIpc) is 3.04. The lowest BCUT2D eigenvalue weighted by Gasteiger charge is -2.18. The normalized spacial score (nSPS) is 16.2. The summed E-state index contributed by atoms with van der Waals surface area (Å²) in [7, 11) is 0. The summed E-state index contributed by atoms with van der Waals surface area (Å²) in [4.78, 5) is 4.38. The Morgan fingerprint density at radius 3 is 2.82 bits per heavy atom. The minimum absolute atomic E-state index is 0.560. The molecule has 0 unspecified atom stereocenters. The number of pyridine rings is 1. The number of hydrogen-bond acceptors (Lipinski definition) is 3. The number of aromatic nitrogens is 4. The van der Waals surface area contributed by atoms with Gasteiger partial charge in [0.15, 0.2) is 0 Å². The first-order valence-corrected chi connectivity index (χ1v) is 8.16. The van der Waals surface area contributed by atoms with Crippen LogP contribution < -0.4 is 0 Å². The highest BCUT2D eigenvalue weighted by Crippen LogP contribution is 2.32. The Labute approximate surface area is 134 Å². The Bertz CT molecular complexity index is 805. The molecule has 112 valence electrons. The molecule has 1 aliphatic carbocycles. The van der Waals surface area contributed by atoms with Crippen LogP contribution in [0.3, 0.4) is 0 Å². The fourth-order valence-electron chi connectivity index (χ4n) is 3.29. The fourth-order valence-corrected chi connectivity index (χ4v) is 3.45. The molecule has 2 aromatic heterocycles. The van der Waals surface area contributed by atoms with E-state index in [1.807, 2.05) is 28.9 Å². The monoisotopic (exact) mass is 312 g/mol. The zero-order valence-corrected chi connectivity index (χ0v) is 13.0. The number of hydrogen-bond donors (Lipinski definition) is 0. The van der Waals surface area contributed by atoms with Crippen molar-refractivity contribution < 1.29 is 0 Å². The van der Waals surface area contributed by atoms with Crippen molar-refractivity contribution in [1.29, 1.82) is 0 Å². The zero-order valence-electron chi connectivity index (χ0n) is 12.2. The molecule has 1 aromatic carbocycles.